The Labute approximate surface area is 102 Å². The predicted molar refractivity (Wildman–Crippen MR) is 56.2 cm³/mol. The summed E-state index contributed by atoms with van der Waals surface area (Å²) < 4.78 is 0. The second kappa shape index (κ2) is 4.48. The van der Waals surface area contributed by atoms with Gasteiger partial charge in [-0.3, -0.25) is 4.79 Å². The molecule has 1 aliphatic heterocycles. The minimum atomic E-state index is -1.35. The van der Waals surface area contributed by atoms with Gasteiger partial charge in [0.15, 0.2) is 0 Å². The Morgan fingerprint density at radius 2 is 2.00 bits per heavy atom. The Bertz CT molecular complexity index is 525. The summed E-state index contributed by atoms with van der Waals surface area (Å²) in [6, 6.07) is 5.64. The van der Waals surface area contributed by atoms with E-state index >= 15 is 0 Å². The lowest BCUT2D eigenvalue weighted by molar-refractivity contribution is -0.310. The van der Waals surface area contributed by atoms with Crippen LogP contribution in [0.5, 0.6) is 0 Å². The smallest absolute Gasteiger partial charge is 0.227 e. The van der Waals surface area contributed by atoms with Crippen molar-refractivity contribution in [1.29, 1.82) is 0 Å². The fourth-order valence-corrected chi connectivity index (χ4v) is 1.92. The average Bonchev–Trinajstić information content (AvgIpc) is 2.72. The van der Waals surface area contributed by atoms with Gasteiger partial charge in [0.2, 0.25) is 5.91 Å². The summed E-state index contributed by atoms with van der Waals surface area (Å²) in [5.74, 6) is -3.84. The van der Waals surface area contributed by atoms with Gasteiger partial charge in [-0.15, -0.1) is 0 Å². The normalized spacial score (nSPS) is 19.0. The van der Waals surface area contributed by atoms with Crippen molar-refractivity contribution in [2.24, 2.45) is 5.92 Å². The topological polar surface area (TPSA) is 101 Å². The number of hydrogen-bond acceptors (Lipinski definition) is 5. The van der Waals surface area contributed by atoms with Gasteiger partial charge in [0.05, 0.1) is 5.97 Å². The highest BCUT2D eigenvalue weighted by Gasteiger charge is 2.31. The molecule has 1 aromatic carbocycles. The molecular formula is C12H9NO5-2. The number of carboxylic acids is 2. The molecule has 1 saturated heterocycles. The molecule has 1 heterocycles. The highest BCUT2D eigenvalue weighted by molar-refractivity contribution is 5.99. The minimum absolute atomic E-state index is 0.00231. The predicted octanol–water partition coefficient (Wildman–Crippen LogP) is -1.85. The first-order valence-corrected chi connectivity index (χ1v) is 5.31. The summed E-state index contributed by atoms with van der Waals surface area (Å²) in [6.07, 6.45) is -0.127. The van der Waals surface area contributed by atoms with Crippen LogP contribution in [0.3, 0.4) is 0 Å². The molecule has 0 aliphatic carbocycles. The fraction of sp³-hybridized carbons (Fsp3) is 0.250. The zero-order valence-electron chi connectivity index (χ0n) is 9.29. The van der Waals surface area contributed by atoms with E-state index in [-0.39, 0.29) is 24.4 Å². The number of benzene rings is 1. The van der Waals surface area contributed by atoms with Crippen molar-refractivity contribution in [1.82, 2.24) is 0 Å². The lowest BCUT2D eigenvalue weighted by Gasteiger charge is -2.18. The van der Waals surface area contributed by atoms with E-state index in [0.717, 1.165) is 0 Å². The third-order valence-electron chi connectivity index (χ3n) is 2.85. The van der Waals surface area contributed by atoms with E-state index < -0.39 is 17.9 Å². The molecule has 1 aromatic rings. The summed E-state index contributed by atoms with van der Waals surface area (Å²) in [4.78, 5) is 34.3. The minimum Gasteiger partial charge on any atom is -0.550 e. The maximum Gasteiger partial charge on any atom is 0.227 e. The van der Waals surface area contributed by atoms with Crippen LogP contribution in [0.25, 0.3) is 0 Å². The van der Waals surface area contributed by atoms with E-state index in [1.165, 1.54) is 23.1 Å². The number of carbonyl (C=O) groups excluding carboxylic acids is 3. The van der Waals surface area contributed by atoms with Crippen molar-refractivity contribution in [2.45, 2.75) is 6.42 Å². The summed E-state index contributed by atoms with van der Waals surface area (Å²) >= 11 is 0. The Morgan fingerprint density at radius 3 is 2.56 bits per heavy atom. The molecule has 0 N–H and O–H groups in total. The third-order valence-corrected chi connectivity index (χ3v) is 2.85. The summed E-state index contributed by atoms with van der Waals surface area (Å²) in [5, 5.41) is 21.4. The molecule has 0 bridgehead atoms. The summed E-state index contributed by atoms with van der Waals surface area (Å²) in [7, 11) is 0. The van der Waals surface area contributed by atoms with Crippen LogP contribution in [0.2, 0.25) is 0 Å². The summed E-state index contributed by atoms with van der Waals surface area (Å²) in [6.45, 7) is -0.00231. The average molecular weight is 247 g/mol. The second-order valence-corrected chi connectivity index (χ2v) is 4.06. The van der Waals surface area contributed by atoms with E-state index in [2.05, 4.69) is 0 Å². The molecule has 1 fully saturated rings. The quantitative estimate of drug-likeness (QED) is 0.624. The zero-order chi connectivity index (χ0) is 13.3. The molecule has 0 radical (unpaired) electrons. The molecular weight excluding hydrogens is 238 g/mol. The number of carboxylic acid groups (broad SMARTS) is 2. The van der Waals surface area contributed by atoms with Crippen LogP contribution < -0.4 is 15.1 Å². The van der Waals surface area contributed by atoms with Gasteiger partial charge in [0, 0.05) is 30.5 Å². The zero-order valence-corrected chi connectivity index (χ0v) is 9.29. The number of hydrogen-bond donors (Lipinski definition) is 0. The van der Waals surface area contributed by atoms with Crippen LogP contribution in [-0.4, -0.2) is 24.4 Å². The molecule has 2 rings (SSSR count). The van der Waals surface area contributed by atoms with E-state index in [1.807, 2.05) is 0 Å². The number of amides is 1. The highest BCUT2D eigenvalue weighted by atomic mass is 16.4. The van der Waals surface area contributed by atoms with Crippen LogP contribution >= 0.6 is 0 Å². The van der Waals surface area contributed by atoms with Crippen molar-refractivity contribution in [3.05, 3.63) is 29.8 Å². The fourth-order valence-electron chi connectivity index (χ4n) is 1.92. The number of aromatic carboxylic acids is 1. The summed E-state index contributed by atoms with van der Waals surface area (Å²) in [5.41, 5.74) is 0.294. The molecule has 18 heavy (non-hydrogen) atoms. The van der Waals surface area contributed by atoms with E-state index in [4.69, 9.17) is 0 Å². The third kappa shape index (κ3) is 2.17. The van der Waals surface area contributed by atoms with Crippen LogP contribution in [0.1, 0.15) is 16.8 Å². The Balaban J connectivity index is 2.27. The maximum atomic E-state index is 11.6. The molecule has 0 saturated carbocycles. The lowest BCUT2D eigenvalue weighted by Crippen LogP contribution is -2.33. The maximum absolute atomic E-state index is 11.6. The van der Waals surface area contributed by atoms with Crippen LogP contribution in [0.4, 0.5) is 5.69 Å². The second-order valence-electron chi connectivity index (χ2n) is 4.06. The Hall–Kier alpha value is -2.37. The monoisotopic (exact) mass is 247 g/mol. The lowest BCUT2D eigenvalue weighted by atomic mass is 10.1. The van der Waals surface area contributed by atoms with Gasteiger partial charge in [0.25, 0.3) is 0 Å². The van der Waals surface area contributed by atoms with Gasteiger partial charge >= 0.3 is 0 Å². The molecule has 1 amide bonds. The van der Waals surface area contributed by atoms with Crippen molar-refractivity contribution in [2.75, 3.05) is 11.4 Å². The van der Waals surface area contributed by atoms with Crippen LogP contribution in [0.15, 0.2) is 24.3 Å². The van der Waals surface area contributed by atoms with Gasteiger partial charge < -0.3 is 24.7 Å². The van der Waals surface area contributed by atoms with Gasteiger partial charge in [-0.1, -0.05) is 12.1 Å². The molecule has 0 unspecified atom stereocenters. The van der Waals surface area contributed by atoms with Gasteiger partial charge in [-0.2, -0.15) is 0 Å². The van der Waals surface area contributed by atoms with Crippen molar-refractivity contribution in [3.63, 3.8) is 0 Å². The van der Waals surface area contributed by atoms with Crippen LogP contribution in [0, 0.1) is 5.92 Å². The Morgan fingerprint density at radius 1 is 1.28 bits per heavy atom. The molecule has 1 aliphatic rings. The molecule has 0 spiro atoms. The van der Waals surface area contributed by atoms with E-state index in [1.54, 1.807) is 6.07 Å². The van der Waals surface area contributed by atoms with E-state index in [9.17, 15) is 24.6 Å². The molecule has 94 valence electrons. The Kier molecular flexibility index (Phi) is 3.01. The number of carbonyl (C=O) groups is 3. The van der Waals surface area contributed by atoms with E-state index in [0.29, 0.717) is 5.69 Å². The number of rotatable bonds is 3. The van der Waals surface area contributed by atoms with Crippen LogP contribution in [-0.2, 0) is 9.59 Å². The number of aliphatic carboxylic acids is 1. The van der Waals surface area contributed by atoms with Crippen molar-refractivity contribution >= 4 is 23.5 Å². The molecule has 1 atom stereocenters. The molecule has 6 heteroatoms. The SMILES string of the molecule is O=C([O-])c1cccc(N2C[C@@H](C(=O)[O-])CC2=O)c1. The van der Waals surface area contributed by atoms with Gasteiger partial charge in [-0.25, -0.2) is 0 Å². The first-order chi connectivity index (χ1) is 8.49. The highest BCUT2D eigenvalue weighted by Crippen LogP contribution is 2.25. The van der Waals surface area contributed by atoms with Gasteiger partial charge in [0.1, 0.15) is 0 Å². The van der Waals surface area contributed by atoms with Gasteiger partial charge in [-0.05, 0) is 17.7 Å². The standard InChI is InChI=1S/C12H11NO5/c14-10-5-8(12(17)18)6-13(10)9-3-1-2-7(4-9)11(15)16/h1-4,8H,5-6H2,(H,15,16)(H,17,18)/p-2/t8-/m0/s1. The van der Waals surface area contributed by atoms with Crippen molar-refractivity contribution < 1.29 is 24.6 Å². The van der Waals surface area contributed by atoms with Crippen molar-refractivity contribution in [3.8, 4) is 0 Å². The molecule has 6 nitrogen and oxygen atoms in total. The molecule has 0 aromatic heterocycles. The number of anilines is 1. The number of nitrogens with zero attached hydrogens (tertiary/aromatic N) is 1. The largest absolute Gasteiger partial charge is 0.550 e. The first-order valence-electron chi connectivity index (χ1n) is 5.31. The first kappa shape index (κ1) is 12.1.